The van der Waals surface area contributed by atoms with E-state index in [-0.39, 0.29) is 18.4 Å². The van der Waals surface area contributed by atoms with Crippen molar-refractivity contribution in [3.05, 3.63) is 30.1 Å². The highest BCUT2D eigenvalue weighted by atomic mass is 16.4. The maximum absolute atomic E-state index is 11.5. The smallest absolute Gasteiger partial charge is 0.352 e. The Morgan fingerprint density at radius 2 is 2.00 bits per heavy atom. The molecule has 1 amide bonds. The van der Waals surface area contributed by atoms with Gasteiger partial charge in [0.25, 0.3) is 5.91 Å². The Morgan fingerprint density at radius 3 is 2.53 bits per heavy atom. The van der Waals surface area contributed by atoms with E-state index in [4.69, 9.17) is 10.2 Å². The first kappa shape index (κ1) is 14.3. The van der Waals surface area contributed by atoms with Crippen molar-refractivity contribution in [2.45, 2.75) is 12.8 Å². The lowest BCUT2D eigenvalue weighted by molar-refractivity contribution is -0.136. The monoisotopic (exact) mass is 265 g/mol. The summed E-state index contributed by atoms with van der Waals surface area (Å²) >= 11 is 0. The predicted molar refractivity (Wildman–Crippen MR) is 63.6 cm³/mol. The summed E-state index contributed by atoms with van der Waals surface area (Å²) in [5.74, 6) is -3.15. The summed E-state index contributed by atoms with van der Waals surface area (Å²) < 4.78 is 0. The molecule has 0 aromatic carbocycles. The highest BCUT2D eigenvalue weighted by Gasteiger charge is 2.13. The van der Waals surface area contributed by atoms with E-state index in [0.717, 1.165) is 0 Å². The largest absolute Gasteiger partial charge is 0.481 e. The highest BCUT2D eigenvalue weighted by Crippen LogP contribution is 1.97. The number of rotatable bonds is 6. The van der Waals surface area contributed by atoms with Crippen molar-refractivity contribution in [2.75, 3.05) is 0 Å². The molecule has 0 fully saturated rings. The quantitative estimate of drug-likeness (QED) is 0.494. The SMILES string of the molecule is O=C(O)CC/C(=N\NC(=O)c1cccnc1)C(=O)O. The summed E-state index contributed by atoms with van der Waals surface area (Å²) in [6, 6.07) is 3.02. The van der Waals surface area contributed by atoms with Crippen LogP contribution in [0.2, 0.25) is 0 Å². The molecule has 100 valence electrons. The van der Waals surface area contributed by atoms with Crippen molar-refractivity contribution in [3.63, 3.8) is 0 Å². The van der Waals surface area contributed by atoms with Gasteiger partial charge in [0.05, 0.1) is 12.0 Å². The van der Waals surface area contributed by atoms with Crippen molar-refractivity contribution in [1.82, 2.24) is 10.4 Å². The minimum absolute atomic E-state index is 0.217. The second-order valence-corrected chi connectivity index (χ2v) is 3.44. The number of aromatic nitrogens is 1. The van der Waals surface area contributed by atoms with Crippen LogP contribution in [-0.4, -0.2) is 38.8 Å². The number of nitrogens with one attached hydrogen (secondary N) is 1. The number of aliphatic carboxylic acids is 2. The molecule has 0 saturated heterocycles. The van der Waals surface area contributed by atoms with Crippen LogP contribution in [0.25, 0.3) is 0 Å². The van der Waals surface area contributed by atoms with Crippen molar-refractivity contribution in [3.8, 4) is 0 Å². The molecule has 0 aliphatic rings. The summed E-state index contributed by atoms with van der Waals surface area (Å²) in [6.07, 6.45) is 2.12. The van der Waals surface area contributed by atoms with E-state index in [1.54, 1.807) is 6.07 Å². The van der Waals surface area contributed by atoms with Crippen molar-refractivity contribution < 1.29 is 24.6 Å². The minimum atomic E-state index is -1.38. The number of hydrogen-bond donors (Lipinski definition) is 3. The van der Waals surface area contributed by atoms with Crippen LogP contribution in [0, 0.1) is 0 Å². The fourth-order valence-corrected chi connectivity index (χ4v) is 1.12. The molecule has 0 spiro atoms. The summed E-state index contributed by atoms with van der Waals surface area (Å²) in [5, 5.41) is 20.6. The fourth-order valence-electron chi connectivity index (χ4n) is 1.12. The van der Waals surface area contributed by atoms with Gasteiger partial charge in [-0.15, -0.1) is 0 Å². The van der Waals surface area contributed by atoms with Gasteiger partial charge in [0.15, 0.2) is 0 Å². The van der Waals surface area contributed by atoms with Crippen LogP contribution in [0.1, 0.15) is 23.2 Å². The third-order valence-corrected chi connectivity index (χ3v) is 2.04. The normalized spacial score (nSPS) is 10.8. The van der Waals surface area contributed by atoms with Crippen LogP contribution in [0.15, 0.2) is 29.6 Å². The van der Waals surface area contributed by atoms with Crippen LogP contribution in [0.3, 0.4) is 0 Å². The molecule has 8 heteroatoms. The maximum atomic E-state index is 11.5. The Bertz CT molecular complexity index is 512. The number of carboxylic acids is 2. The van der Waals surface area contributed by atoms with E-state index in [2.05, 4.69) is 10.1 Å². The molecule has 0 aliphatic heterocycles. The van der Waals surface area contributed by atoms with E-state index in [9.17, 15) is 14.4 Å². The zero-order valence-electron chi connectivity index (χ0n) is 9.74. The predicted octanol–water partition coefficient (Wildman–Crippen LogP) is 0.117. The molecule has 0 bridgehead atoms. The van der Waals surface area contributed by atoms with Gasteiger partial charge in [0.1, 0.15) is 5.71 Å². The average Bonchev–Trinajstić information content (AvgIpc) is 2.38. The van der Waals surface area contributed by atoms with E-state index in [0.29, 0.717) is 0 Å². The van der Waals surface area contributed by atoms with Gasteiger partial charge < -0.3 is 10.2 Å². The third-order valence-electron chi connectivity index (χ3n) is 2.04. The molecule has 19 heavy (non-hydrogen) atoms. The average molecular weight is 265 g/mol. The van der Waals surface area contributed by atoms with E-state index < -0.39 is 23.6 Å². The molecule has 1 rings (SSSR count). The lowest BCUT2D eigenvalue weighted by atomic mass is 10.2. The maximum Gasteiger partial charge on any atom is 0.352 e. The number of pyridine rings is 1. The van der Waals surface area contributed by atoms with E-state index >= 15 is 0 Å². The number of hydrazone groups is 1. The van der Waals surface area contributed by atoms with Crippen LogP contribution in [0.4, 0.5) is 0 Å². The van der Waals surface area contributed by atoms with Gasteiger partial charge in [0.2, 0.25) is 0 Å². The van der Waals surface area contributed by atoms with Crippen molar-refractivity contribution >= 4 is 23.6 Å². The third kappa shape index (κ3) is 4.94. The van der Waals surface area contributed by atoms with Gasteiger partial charge >= 0.3 is 11.9 Å². The Morgan fingerprint density at radius 1 is 1.26 bits per heavy atom. The van der Waals surface area contributed by atoms with Crippen LogP contribution < -0.4 is 5.43 Å². The Kier molecular flexibility index (Phi) is 5.15. The van der Waals surface area contributed by atoms with Crippen LogP contribution in [0.5, 0.6) is 0 Å². The van der Waals surface area contributed by atoms with Gasteiger partial charge in [-0.25, -0.2) is 10.2 Å². The summed E-state index contributed by atoms with van der Waals surface area (Å²) in [7, 11) is 0. The zero-order chi connectivity index (χ0) is 14.3. The van der Waals surface area contributed by atoms with Gasteiger partial charge in [-0.3, -0.25) is 14.6 Å². The van der Waals surface area contributed by atoms with E-state index in [1.807, 2.05) is 5.43 Å². The molecule has 1 heterocycles. The number of carbonyl (C=O) groups excluding carboxylic acids is 1. The second kappa shape index (κ2) is 6.84. The lowest BCUT2D eigenvalue weighted by Crippen LogP contribution is -2.24. The highest BCUT2D eigenvalue weighted by molar-refractivity contribution is 6.35. The number of carboxylic acid groups (broad SMARTS) is 2. The molecule has 1 aromatic rings. The Balaban J connectivity index is 2.68. The molecular formula is C11H11N3O5. The van der Waals surface area contributed by atoms with Crippen LogP contribution >= 0.6 is 0 Å². The summed E-state index contributed by atoms with van der Waals surface area (Å²) in [5.41, 5.74) is 1.83. The van der Waals surface area contributed by atoms with Gasteiger partial charge in [-0.05, 0) is 12.1 Å². The van der Waals surface area contributed by atoms with Gasteiger partial charge in [0, 0.05) is 18.8 Å². The molecule has 8 nitrogen and oxygen atoms in total. The first-order valence-electron chi connectivity index (χ1n) is 5.22. The molecule has 0 saturated carbocycles. The standard InChI is InChI=1S/C11H11N3O5/c15-9(16)4-3-8(11(18)19)13-14-10(17)7-2-1-5-12-6-7/h1-2,5-6H,3-4H2,(H,14,17)(H,15,16)(H,18,19)/b13-8+. The van der Waals surface area contributed by atoms with Crippen molar-refractivity contribution in [2.24, 2.45) is 5.10 Å². The molecule has 0 radical (unpaired) electrons. The molecule has 0 aliphatic carbocycles. The molecule has 0 unspecified atom stereocenters. The van der Waals surface area contributed by atoms with Crippen LogP contribution in [-0.2, 0) is 9.59 Å². The topological polar surface area (TPSA) is 129 Å². The van der Waals surface area contributed by atoms with E-state index in [1.165, 1.54) is 18.5 Å². The number of carbonyl (C=O) groups is 3. The Hall–Kier alpha value is -2.77. The van der Waals surface area contributed by atoms with Gasteiger partial charge in [-0.2, -0.15) is 5.10 Å². The second-order valence-electron chi connectivity index (χ2n) is 3.44. The zero-order valence-corrected chi connectivity index (χ0v) is 9.74. The summed E-state index contributed by atoms with van der Waals surface area (Å²) in [6.45, 7) is 0. The number of amides is 1. The van der Waals surface area contributed by atoms with Gasteiger partial charge in [-0.1, -0.05) is 0 Å². The summed E-state index contributed by atoms with van der Waals surface area (Å²) in [4.78, 5) is 36.4. The molecule has 0 atom stereocenters. The number of hydrogen-bond acceptors (Lipinski definition) is 5. The molecule has 1 aromatic heterocycles. The number of nitrogens with zero attached hydrogens (tertiary/aromatic N) is 2. The Labute approximate surface area is 107 Å². The van der Waals surface area contributed by atoms with Crippen molar-refractivity contribution in [1.29, 1.82) is 0 Å². The first-order chi connectivity index (χ1) is 9.00. The molecular weight excluding hydrogens is 254 g/mol. The fraction of sp³-hybridized carbons (Fsp3) is 0.182. The first-order valence-corrected chi connectivity index (χ1v) is 5.22. The minimum Gasteiger partial charge on any atom is -0.481 e. The molecule has 3 N–H and O–H groups in total. The lowest BCUT2D eigenvalue weighted by Gasteiger charge is -2.01.